The fraction of sp³-hybridized carbons (Fsp3) is 0. The number of nitrogens with zero attached hydrogens (tertiary/aromatic N) is 2. The van der Waals surface area contributed by atoms with Crippen LogP contribution in [0.5, 0.6) is 0 Å². The lowest BCUT2D eigenvalue weighted by atomic mass is 10.2. The first-order chi connectivity index (χ1) is 6.40. The van der Waals surface area contributed by atoms with Gasteiger partial charge in [0.15, 0.2) is 5.82 Å². The molecular formula is C10H8N2O. The van der Waals surface area contributed by atoms with Crippen LogP contribution in [0, 0.1) is 0 Å². The molecule has 0 aliphatic heterocycles. The van der Waals surface area contributed by atoms with Gasteiger partial charge in [-0.05, 0) is 18.2 Å². The molecule has 0 aliphatic carbocycles. The van der Waals surface area contributed by atoms with Crippen LogP contribution in [0.3, 0.4) is 0 Å². The molecule has 3 heteroatoms. The molecule has 0 saturated carbocycles. The highest BCUT2D eigenvalue weighted by Gasteiger charge is 2.04. The van der Waals surface area contributed by atoms with Gasteiger partial charge in [0.25, 0.3) is 5.89 Å². The minimum absolute atomic E-state index is 0.513. The van der Waals surface area contributed by atoms with Crippen LogP contribution in [0.1, 0.15) is 5.82 Å². The van der Waals surface area contributed by atoms with Crippen molar-refractivity contribution in [3.8, 4) is 11.5 Å². The molecule has 3 nitrogen and oxygen atoms in total. The van der Waals surface area contributed by atoms with Crippen LogP contribution < -0.4 is 0 Å². The van der Waals surface area contributed by atoms with E-state index in [1.807, 2.05) is 30.3 Å². The summed E-state index contributed by atoms with van der Waals surface area (Å²) in [5.74, 6) is 1.04. The number of benzene rings is 1. The van der Waals surface area contributed by atoms with E-state index in [4.69, 9.17) is 4.52 Å². The van der Waals surface area contributed by atoms with E-state index >= 15 is 0 Å². The van der Waals surface area contributed by atoms with Crippen molar-refractivity contribution in [1.29, 1.82) is 0 Å². The summed E-state index contributed by atoms with van der Waals surface area (Å²) in [4.78, 5) is 4.10. The highest BCUT2D eigenvalue weighted by Crippen LogP contribution is 2.15. The Bertz CT molecular complexity index is 406. The van der Waals surface area contributed by atoms with Gasteiger partial charge in [0.05, 0.1) is 0 Å². The highest BCUT2D eigenvalue weighted by atomic mass is 16.5. The third kappa shape index (κ3) is 1.49. The van der Waals surface area contributed by atoms with Gasteiger partial charge >= 0.3 is 0 Å². The van der Waals surface area contributed by atoms with Crippen molar-refractivity contribution in [1.82, 2.24) is 10.1 Å². The molecule has 0 aliphatic rings. The van der Waals surface area contributed by atoms with Gasteiger partial charge in [0.2, 0.25) is 0 Å². The second-order valence-electron chi connectivity index (χ2n) is 2.53. The molecule has 0 bridgehead atoms. The molecule has 1 aromatic carbocycles. The van der Waals surface area contributed by atoms with E-state index in [2.05, 4.69) is 16.7 Å². The molecule has 13 heavy (non-hydrogen) atoms. The molecule has 0 radical (unpaired) electrons. The lowest BCUT2D eigenvalue weighted by Gasteiger charge is -1.89. The van der Waals surface area contributed by atoms with E-state index in [0.717, 1.165) is 5.56 Å². The van der Waals surface area contributed by atoms with Gasteiger partial charge in [-0.15, -0.1) is 0 Å². The van der Waals surface area contributed by atoms with E-state index in [1.165, 1.54) is 0 Å². The summed E-state index contributed by atoms with van der Waals surface area (Å²) in [5, 5.41) is 3.71. The zero-order chi connectivity index (χ0) is 9.10. The number of aromatic nitrogens is 2. The number of hydrogen-bond acceptors (Lipinski definition) is 3. The number of hydrogen-bond donors (Lipinski definition) is 0. The minimum Gasteiger partial charge on any atom is -0.334 e. The molecule has 64 valence electrons. The molecule has 0 fully saturated rings. The second-order valence-corrected chi connectivity index (χ2v) is 2.53. The van der Waals surface area contributed by atoms with Gasteiger partial charge in [-0.2, -0.15) is 4.98 Å². The van der Waals surface area contributed by atoms with Gasteiger partial charge in [0.1, 0.15) is 0 Å². The summed E-state index contributed by atoms with van der Waals surface area (Å²) in [6.45, 7) is 3.55. The molecule has 0 spiro atoms. The van der Waals surface area contributed by atoms with E-state index in [1.54, 1.807) is 6.08 Å². The van der Waals surface area contributed by atoms with E-state index in [9.17, 15) is 0 Å². The molecule has 0 saturated heterocycles. The Morgan fingerprint density at radius 2 is 2.00 bits per heavy atom. The molecule has 1 aromatic heterocycles. The average molecular weight is 172 g/mol. The summed E-state index contributed by atoms with van der Waals surface area (Å²) >= 11 is 0. The third-order valence-corrected chi connectivity index (χ3v) is 1.65. The molecule has 0 N–H and O–H groups in total. The van der Waals surface area contributed by atoms with Crippen LogP contribution in [-0.2, 0) is 0 Å². The first-order valence-electron chi connectivity index (χ1n) is 3.92. The maximum atomic E-state index is 5.01. The van der Waals surface area contributed by atoms with Crippen LogP contribution in [0.25, 0.3) is 17.5 Å². The monoisotopic (exact) mass is 172 g/mol. The third-order valence-electron chi connectivity index (χ3n) is 1.65. The maximum Gasteiger partial charge on any atom is 0.258 e. The topological polar surface area (TPSA) is 38.9 Å². The summed E-state index contributed by atoms with van der Waals surface area (Å²) in [6.07, 6.45) is 1.55. The Labute approximate surface area is 75.7 Å². The average Bonchev–Trinajstić information content (AvgIpc) is 2.67. The molecule has 0 atom stereocenters. The quantitative estimate of drug-likeness (QED) is 0.698. The Kier molecular flexibility index (Phi) is 1.92. The van der Waals surface area contributed by atoms with Crippen LogP contribution in [-0.4, -0.2) is 10.1 Å². The first-order valence-corrected chi connectivity index (χ1v) is 3.92. The van der Waals surface area contributed by atoms with Crippen LogP contribution in [0.4, 0.5) is 0 Å². The van der Waals surface area contributed by atoms with Crippen molar-refractivity contribution < 1.29 is 4.52 Å². The second kappa shape index (κ2) is 3.23. The first kappa shape index (κ1) is 7.73. The molecular weight excluding hydrogens is 164 g/mol. The van der Waals surface area contributed by atoms with E-state index in [-0.39, 0.29) is 0 Å². The number of rotatable bonds is 2. The lowest BCUT2D eigenvalue weighted by molar-refractivity contribution is 0.429. The summed E-state index contributed by atoms with van der Waals surface area (Å²) in [6, 6.07) is 9.62. The Hall–Kier alpha value is -1.90. The largest absolute Gasteiger partial charge is 0.334 e. The van der Waals surface area contributed by atoms with Crippen molar-refractivity contribution in [2.75, 3.05) is 0 Å². The van der Waals surface area contributed by atoms with Crippen molar-refractivity contribution in [3.63, 3.8) is 0 Å². The van der Waals surface area contributed by atoms with Gasteiger partial charge in [-0.25, -0.2) is 0 Å². The predicted octanol–water partition coefficient (Wildman–Crippen LogP) is 2.38. The molecule has 2 aromatic rings. The smallest absolute Gasteiger partial charge is 0.258 e. The summed E-state index contributed by atoms with van der Waals surface area (Å²) in [7, 11) is 0. The minimum atomic E-state index is 0.513. The lowest BCUT2D eigenvalue weighted by Crippen LogP contribution is -1.76. The zero-order valence-electron chi connectivity index (χ0n) is 6.97. The summed E-state index contributed by atoms with van der Waals surface area (Å²) in [5.41, 5.74) is 0.920. The molecule has 0 unspecified atom stereocenters. The zero-order valence-corrected chi connectivity index (χ0v) is 6.97. The molecule has 0 amide bonds. The normalized spacial score (nSPS) is 9.85. The van der Waals surface area contributed by atoms with Crippen molar-refractivity contribution in [2.24, 2.45) is 0 Å². The maximum absolute atomic E-state index is 5.01. The Morgan fingerprint density at radius 3 is 2.62 bits per heavy atom. The SMILES string of the molecule is C=Cc1noc(-c2ccccc2)n1. The fourth-order valence-corrected chi connectivity index (χ4v) is 1.02. The summed E-state index contributed by atoms with van der Waals surface area (Å²) < 4.78 is 5.01. The van der Waals surface area contributed by atoms with Crippen LogP contribution >= 0.6 is 0 Å². The van der Waals surface area contributed by atoms with Gasteiger partial charge in [-0.1, -0.05) is 29.9 Å². The van der Waals surface area contributed by atoms with Crippen molar-refractivity contribution in [2.45, 2.75) is 0 Å². The van der Waals surface area contributed by atoms with Crippen LogP contribution in [0.2, 0.25) is 0 Å². The molecule has 2 rings (SSSR count). The Balaban J connectivity index is 2.41. The standard InChI is InChI=1S/C10H8N2O/c1-2-9-11-10(13-12-9)8-6-4-3-5-7-8/h2-7H,1H2. The molecule has 1 heterocycles. The van der Waals surface area contributed by atoms with Gasteiger partial charge < -0.3 is 4.52 Å². The van der Waals surface area contributed by atoms with E-state index < -0.39 is 0 Å². The van der Waals surface area contributed by atoms with Crippen molar-refractivity contribution in [3.05, 3.63) is 42.7 Å². The fourth-order valence-electron chi connectivity index (χ4n) is 1.02. The van der Waals surface area contributed by atoms with Gasteiger partial charge in [-0.3, -0.25) is 0 Å². The van der Waals surface area contributed by atoms with Crippen molar-refractivity contribution >= 4 is 6.08 Å². The highest BCUT2D eigenvalue weighted by molar-refractivity contribution is 5.53. The predicted molar refractivity (Wildman–Crippen MR) is 49.8 cm³/mol. The van der Waals surface area contributed by atoms with E-state index in [0.29, 0.717) is 11.7 Å². The van der Waals surface area contributed by atoms with Gasteiger partial charge in [0, 0.05) is 5.56 Å². The Morgan fingerprint density at radius 1 is 1.23 bits per heavy atom. The van der Waals surface area contributed by atoms with Crippen LogP contribution in [0.15, 0.2) is 41.4 Å².